The third kappa shape index (κ3) is 3.71. The summed E-state index contributed by atoms with van der Waals surface area (Å²) < 4.78 is 38.3. The van der Waals surface area contributed by atoms with E-state index in [-0.39, 0.29) is 0 Å². The van der Waals surface area contributed by atoms with Crippen LogP contribution in [0.15, 0.2) is 12.4 Å². The van der Waals surface area contributed by atoms with Crippen molar-refractivity contribution >= 4 is 0 Å². The molecule has 1 fully saturated rings. The van der Waals surface area contributed by atoms with Crippen molar-refractivity contribution in [3.63, 3.8) is 0 Å². The number of aromatic nitrogens is 2. The molecule has 1 aromatic rings. The van der Waals surface area contributed by atoms with Gasteiger partial charge >= 0.3 is 6.18 Å². The summed E-state index contributed by atoms with van der Waals surface area (Å²) in [5, 5.41) is 3.30. The van der Waals surface area contributed by atoms with Crippen molar-refractivity contribution in [1.29, 1.82) is 0 Å². The summed E-state index contributed by atoms with van der Waals surface area (Å²) in [4.78, 5) is 6.14. The van der Waals surface area contributed by atoms with Crippen LogP contribution in [-0.4, -0.2) is 46.3 Å². The first-order valence-corrected chi connectivity index (χ1v) is 5.96. The molecular formula is C11H17F3N4. The van der Waals surface area contributed by atoms with E-state index in [4.69, 9.17) is 0 Å². The number of nitrogens with zero attached hydrogens (tertiary/aromatic N) is 3. The predicted octanol–water partition coefficient (Wildman–Crippen LogP) is 1.24. The van der Waals surface area contributed by atoms with Crippen LogP contribution in [-0.2, 0) is 13.1 Å². The van der Waals surface area contributed by atoms with Gasteiger partial charge in [0.2, 0.25) is 0 Å². The fourth-order valence-electron chi connectivity index (χ4n) is 2.18. The Morgan fingerprint density at radius 3 is 2.94 bits per heavy atom. The Balaban J connectivity index is 1.99. The molecular weight excluding hydrogens is 245 g/mol. The predicted molar refractivity (Wildman–Crippen MR) is 61.0 cm³/mol. The topological polar surface area (TPSA) is 33.1 Å². The van der Waals surface area contributed by atoms with Gasteiger partial charge in [0.1, 0.15) is 12.4 Å². The second-order valence-electron chi connectivity index (χ2n) is 4.68. The Kier molecular flexibility index (Phi) is 3.91. The zero-order valence-corrected chi connectivity index (χ0v) is 10.2. The van der Waals surface area contributed by atoms with Crippen LogP contribution in [0.1, 0.15) is 12.7 Å². The van der Waals surface area contributed by atoms with Crippen molar-refractivity contribution < 1.29 is 13.2 Å². The summed E-state index contributed by atoms with van der Waals surface area (Å²) in [6.45, 7) is 4.09. The van der Waals surface area contributed by atoms with E-state index in [0.29, 0.717) is 18.4 Å². The van der Waals surface area contributed by atoms with E-state index >= 15 is 0 Å². The Morgan fingerprint density at radius 1 is 1.50 bits per heavy atom. The maximum atomic E-state index is 12.4. The number of imidazole rings is 1. The van der Waals surface area contributed by atoms with Crippen molar-refractivity contribution in [3.05, 3.63) is 18.2 Å². The second kappa shape index (κ2) is 5.27. The maximum absolute atomic E-state index is 12.4. The van der Waals surface area contributed by atoms with E-state index in [1.54, 1.807) is 0 Å². The van der Waals surface area contributed by atoms with Crippen LogP contribution >= 0.6 is 0 Å². The lowest BCUT2D eigenvalue weighted by molar-refractivity contribution is -0.141. The molecule has 7 heteroatoms. The number of alkyl halides is 3. The molecule has 0 unspecified atom stereocenters. The van der Waals surface area contributed by atoms with Crippen LogP contribution in [0.25, 0.3) is 0 Å². The molecule has 0 spiro atoms. The highest BCUT2D eigenvalue weighted by Crippen LogP contribution is 2.18. The molecule has 0 aliphatic carbocycles. The molecule has 0 saturated carbocycles. The summed E-state index contributed by atoms with van der Waals surface area (Å²) in [5.41, 5.74) is 0. The van der Waals surface area contributed by atoms with Gasteiger partial charge < -0.3 is 9.88 Å². The molecule has 0 radical (unpaired) electrons. The molecule has 18 heavy (non-hydrogen) atoms. The second-order valence-corrected chi connectivity index (χ2v) is 4.68. The first-order valence-electron chi connectivity index (χ1n) is 5.96. The minimum Gasteiger partial charge on any atom is -0.325 e. The third-order valence-electron chi connectivity index (χ3n) is 2.97. The Morgan fingerprint density at radius 2 is 2.28 bits per heavy atom. The summed E-state index contributed by atoms with van der Waals surface area (Å²) in [5.74, 6) is 0.474. The molecule has 1 aliphatic heterocycles. The monoisotopic (exact) mass is 262 g/mol. The Bertz CT molecular complexity index is 388. The van der Waals surface area contributed by atoms with Crippen LogP contribution in [0.5, 0.6) is 0 Å². The van der Waals surface area contributed by atoms with Gasteiger partial charge in [0.05, 0.1) is 6.54 Å². The zero-order chi connectivity index (χ0) is 13.2. The highest BCUT2D eigenvalue weighted by molar-refractivity contribution is 4.94. The van der Waals surface area contributed by atoms with Crippen molar-refractivity contribution in [2.45, 2.75) is 32.2 Å². The molecule has 0 bridgehead atoms. The van der Waals surface area contributed by atoms with Gasteiger partial charge in [-0.25, -0.2) is 4.98 Å². The van der Waals surface area contributed by atoms with Gasteiger partial charge in [0.15, 0.2) is 0 Å². The number of hydrogen-bond acceptors (Lipinski definition) is 3. The van der Waals surface area contributed by atoms with Crippen molar-refractivity contribution in [2.75, 3.05) is 19.6 Å². The average molecular weight is 262 g/mol. The van der Waals surface area contributed by atoms with E-state index in [0.717, 1.165) is 19.6 Å². The minimum absolute atomic E-state index is 0.366. The lowest BCUT2D eigenvalue weighted by atomic mass is 10.2. The summed E-state index contributed by atoms with van der Waals surface area (Å²) in [7, 11) is 0. The fourth-order valence-corrected chi connectivity index (χ4v) is 2.18. The molecule has 1 aliphatic rings. The molecule has 1 aromatic heterocycles. The standard InChI is InChI=1S/C11H17F3N4/c1-9-6-17(4-2-15-9)7-10-16-3-5-18(10)8-11(12,13)14/h3,5,9,15H,2,4,6-8H2,1H3/t9-/m0/s1. The van der Waals surface area contributed by atoms with E-state index in [1.165, 1.54) is 17.0 Å². The SMILES string of the molecule is C[C@H]1CN(Cc2nccn2CC(F)(F)F)CCN1. The number of piperazine rings is 1. The summed E-state index contributed by atoms with van der Waals surface area (Å²) >= 11 is 0. The van der Waals surface area contributed by atoms with Crippen LogP contribution in [0, 0.1) is 0 Å². The van der Waals surface area contributed by atoms with Crippen LogP contribution in [0.2, 0.25) is 0 Å². The molecule has 102 valence electrons. The summed E-state index contributed by atoms with van der Waals surface area (Å²) in [6, 6.07) is 0.366. The number of rotatable bonds is 3. The van der Waals surface area contributed by atoms with Gasteiger partial charge in [-0.1, -0.05) is 0 Å². The van der Waals surface area contributed by atoms with Gasteiger partial charge in [0.25, 0.3) is 0 Å². The van der Waals surface area contributed by atoms with E-state index in [9.17, 15) is 13.2 Å². The number of nitrogens with one attached hydrogen (secondary N) is 1. The third-order valence-corrected chi connectivity index (χ3v) is 2.97. The van der Waals surface area contributed by atoms with Crippen molar-refractivity contribution in [3.8, 4) is 0 Å². The van der Waals surface area contributed by atoms with Gasteiger partial charge in [-0.2, -0.15) is 13.2 Å². The van der Waals surface area contributed by atoms with E-state index in [1.807, 2.05) is 0 Å². The normalized spacial score (nSPS) is 22.3. The highest BCUT2D eigenvalue weighted by Gasteiger charge is 2.29. The molecule has 1 saturated heterocycles. The number of hydrogen-bond donors (Lipinski definition) is 1. The van der Waals surface area contributed by atoms with Gasteiger partial charge in [-0.15, -0.1) is 0 Å². The van der Waals surface area contributed by atoms with Gasteiger partial charge in [0, 0.05) is 38.1 Å². The fraction of sp³-hybridized carbons (Fsp3) is 0.727. The van der Waals surface area contributed by atoms with Gasteiger partial charge in [-0.05, 0) is 6.92 Å². The molecule has 0 aromatic carbocycles. The van der Waals surface area contributed by atoms with Crippen LogP contribution in [0.4, 0.5) is 13.2 Å². The lowest BCUT2D eigenvalue weighted by Gasteiger charge is -2.31. The van der Waals surface area contributed by atoms with Crippen molar-refractivity contribution in [2.24, 2.45) is 0 Å². The summed E-state index contributed by atoms with van der Waals surface area (Å²) in [6.07, 6.45) is -1.40. The van der Waals surface area contributed by atoms with E-state index < -0.39 is 12.7 Å². The largest absolute Gasteiger partial charge is 0.406 e. The zero-order valence-electron chi connectivity index (χ0n) is 10.2. The van der Waals surface area contributed by atoms with Crippen LogP contribution in [0.3, 0.4) is 0 Å². The highest BCUT2D eigenvalue weighted by atomic mass is 19.4. The van der Waals surface area contributed by atoms with Crippen LogP contribution < -0.4 is 5.32 Å². The van der Waals surface area contributed by atoms with E-state index in [2.05, 4.69) is 22.1 Å². The molecule has 1 atom stereocenters. The Hall–Kier alpha value is -1.08. The molecule has 0 amide bonds. The average Bonchev–Trinajstić information content (AvgIpc) is 2.63. The first kappa shape index (κ1) is 13.4. The lowest BCUT2D eigenvalue weighted by Crippen LogP contribution is -2.49. The molecule has 2 rings (SSSR count). The Labute approximate surface area is 104 Å². The smallest absolute Gasteiger partial charge is 0.325 e. The number of halogens is 3. The van der Waals surface area contributed by atoms with Gasteiger partial charge in [-0.3, -0.25) is 4.90 Å². The quantitative estimate of drug-likeness (QED) is 0.889. The minimum atomic E-state index is -4.20. The molecule has 1 N–H and O–H groups in total. The molecule has 2 heterocycles. The maximum Gasteiger partial charge on any atom is 0.406 e. The first-order chi connectivity index (χ1) is 8.44. The van der Waals surface area contributed by atoms with Crippen molar-refractivity contribution in [1.82, 2.24) is 19.8 Å². The molecule has 4 nitrogen and oxygen atoms in total.